The van der Waals surface area contributed by atoms with Gasteiger partial charge in [-0.2, -0.15) is 0 Å². The standard InChI is InChI=1S/C15H13Cl2NOS/c1-18-15(19)11-4-2-3-10(7-11)9-20-14-8-12(16)5-6-13(14)17/h2-8H,9H2,1H3,(H,18,19). The summed E-state index contributed by atoms with van der Waals surface area (Å²) in [6.07, 6.45) is 0. The number of nitrogens with one attached hydrogen (secondary N) is 1. The second-order valence-corrected chi connectivity index (χ2v) is 6.00. The van der Waals surface area contributed by atoms with Crippen LogP contribution in [0.4, 0.5) is 0 Å². The van der Waals surface area contributed by atoms with Crippen LogP contribution in [0.2, 0.25) is 10.0 Å². The summed E-state index contributed by atoms with van der Waals surface area (Å²) in [5, 5.41) is 3.96. The molecule has 0 aliphatic rings. The molecule has 0 heterocycles. The van der Waals surface area contributed by atoms with Gasteiger partial charge in [-0.25, -0.2) is 0 Å². The highest BCUT2D eigenvalue weighted by Gasteiger charge is 2.06. The lowest BCUT2D eigenvalue weighted by Crippen LogP contribution is -2.17. The summed E-state index contributed by atoms with van der Waals surface area (Å²) in [6.45, 7) is 0. The Kier molecular flexibility index (Phi) is 5.35. The lowest BCUT2D eigenvalue weighted by Gasteiger charge is -2.06. The third kappa shape index (κ3) is 3.92. The van der Waals surface area contributed by atoms with E-state index in [-0.39, 0.29) is 5.91 Å². The number of benzene rings is 2. The highest BCUT2D eigenvalue weighted by molar-refractivity contribution is 7.98. The van der Waals surface area contributed by atoms with E-state index in [0.29, 0.717) is 15.6 Å². The third-order valence-electron chi connectivity index (χ3n) is 2.70. The molecule has 104 valence electrons. The van der Waals surface area contributed by atoms with Gasteiger partial charge in [0.2, 0.25) is 0 Å². The molecule has 0 aliphatic carbocycles. The van der Waals surface area contributed by atoms with Crippen LogP contribution >= 0.6 is 35.0 Å². The molecule has 0 aliphatic heterocycles. The Morgan fingerprint density at radius 3 is 2.75 bits per heavy atom. The van der Waals surface area contributed by atoms with Crippen LogP contribution in [0, 0.1) is 0 Å². The van der Waals surface area contributed by atoms with Crippen molar-refractivity contribution in [1.29, 1.82) is 0 Å². The van der Waals surface area contributed by atoms with E-state index in [0.717, 1.165) is 16.2 Å². The predicted octanol–water partition coefficient (Wildman–Crippen LogP) is 4.65. The van der Waals surface area contributed by atoms with Crippen molar-refractivity contribution in [2.75, 3.05) is 7.05 Å². The number of amides is 1. The number of hydrogen-bond acceptors (Lipinski definition) is 2. The van der Waals surface area contributed by atoms with Crippen molar-refractivity contribution in [3.63, 3.8) is 0 Å². The van der Waals surface area contributed by atoms with Crippen molar-refractivity contribution >= 4 is 40.9 Å². The molecular formula is C15H13Cl2NOS. The molecule has 0 unspecified atom stereocenters. The van der Waals surface area contributed by atoms with Crippen LogP contribution in [0.25, 0.3) is 0 Å². The zero-order chi connectivity index (χ0) is 14.5. The Morgan fingerprint density at radius 2 is 2.00 bits per heavy atom. The minimum atomic E-state index is -0.0855. The Balaban J connectivity index is 2.11. The van der Waals surface area contributed by atoms with E-state index in [2.05, 4.69) is 5.32 Å². The number of thioether (sulfide) groups is 1. The monoisotopic (exact) mass is 325 g/mol. The summed E-state index contributed by atoms with van der Waals surface area (Å²) in [7, 11) is 1.62. The van der Waals surface area contributed by atoms with E-state index >= 15 is 0 Å². The predicted molar refractivity (Wildman–Crippen MR) is 85.9 cm³/mol. The highest BCUT2D eigenvalue weighted by Crippen LogP contribution is 2.32. The fraction of sp³-hybridized carbons (Fsp3) is 0.133. The second kappa shape index (κ2) is 7.02. The smallest absolute Gasteiger partial charge is 0.251 e. The molecular weight excluding hydrogens is 313 g/mol. The zero-order valence-electron chi connectivity index (χ0n) is 10.8. The molecule has 1 N–H and O–H groups in total. The first-order chi connectivity index (χ1) is 9.60. The van der Waals surface area contributed by atoms with Gasteiger partial charge in [0.15, 0.2) is 0 Å². The zero-order valence-corrected chi connectivity index (χ0v) is 13.1. The molecule has 0 saturated heterocycles. The average Bonchev–Trinajstić information content (AvgIpc) is 2.47. The number of halogens is 2. The van der Waals surface area contributed by atoms with Gasteiger partial charge >= 0.3 is 0 Å². The maximum atomic E-state index is 11.6. The summed E-state index contributed by atoms with van der Waals surface area (Å²) in [6, 6.07) is 12.9. The van der Waals surface area contributed by atoms with Crippen LogP contribution in [0.5, 0.6) is 0 Å². The first-order valence-electron chi connectivity index (χ1n) is 5.99. The summed E-state index contributed by atoms with van der Waals surface area (Å²) in [4.78, 5) is 12.5. The van der Waals surface area contributed by atoms with Crippen molar-refractivity contribution in [3.05, 3.63) is 63.6 Å². The van der Waals surface area contributed by atoms with Gasteiger partial charge in [-0.15, -0.1) is 11.8 Å². The number of rotatable bonds is 4. The molecule has 20 heavy (non-hydrogen) atoms. The van der Waals surface area contributed by atoms with Crippen molar-refractivity contribution in [1.82, 2.24) is 5.32 Å². The largest absolute Gasteiger partial charge is 0.355 e. The van der Waals surface area contributed by atoms with Gasteiger partial charge in [0.1, 0.15) is 0 Å². The lowest BCUT2D eigenvalue weighted by molar-refractivity contribution is 0.0963. The van der Waals surface area contributed by atoms with Crippen LogP contribution < -0.4 is 5.32 Å². The molecule has 0 bridgehead atoms. The van der Waals surface area contributed by atoms with Crippen LogP contribution in [0.1, 0.15) is 15.9 Å². The summed E-state index contributed by atoms with van der Waals surface area (Å²) in [5.74, 6) is 0.642. The molecule has 0 fully saturated rings. The van der Waals surface area contributed by atoms with Crippen LogP contribution in [-0.4, -0.2) is 13.0 Å². The molecule has 5 heteroatoms. The fourth-order valence-corrected chi connectivity index (χ4v) is 3.13. The number of carbonyl (C=O) groups excluding carboxylic acids is 1. The van der Waals surface area contributed by atoms with Crippen LogP contribution in [0.15, 0.2) is 47.4 Å². The van der Waals surface area contributed by atoms with E-state index in [4.69, 9.17) is 23.2 Å². The molecule has 2 rings (SSSR count). The quantitative estimate of drug-likeness (QED) is 0.829. The molecule has 1 amide bonds. The third-order valence-corrected chi connectivity index (χ3v) is 4.51. The maximum absolute atomic E-state index is 11.6. The lowest BCUT2D eigenvalue weighted by atomic mass is 10.1. The first kappa shape index (κ1) is 15.2. The van der Waals surface area contributed by atoms with Gasteiger partial charge in [0, 0.05) is 28.3 Å². The fourth-order valence-electron chi connectivity index (χ4n) is 1.70. The van der Waals surface area contributed by atoms with E-state index in [1.165, 1.54) is 0 Å². The molecule has 0 atom stereocenters. The molecule has 2 aromatic rings. The SMILES string of the molecule is CNC(=O)c1cccc(CSc2cc(Cl)ccc2Cl)c1. The van der Waals surface area contributed by atoms with Gasteiger partial charge in [0.25, 0.3) is 5.91 Å². The van der Waals surface area contributed by atoms with Crippen molar-refractivity contribution in [2.24, 2.45) is 0 Å². The van der Waals surface area contributed by atoms with Gasteiger partial charge in [-0.05, 0) is 35.9 Å². The van der Waals surface area contributed by atoms with Gasteiger partial charge in [-0.3, -0.25) is 4.79 Å². The Labute approximate surface area is 132 Å². The molecule has 0 saturated carbocycles. The normalized spacial score (nSPS) is 10.3. The van der Waals surface area contributed by atoms with Crippen LogP contribution in [-0.2, 0) is 5.75 Å². The van der Waals surface area contributed by atoms with Gasteiger partial charge in [0.05, 0.1) is 5.02 Å². The minimum absolute atomic E-state index is 0.0855. The number of carbonyl (C=O) groups is 1. The molecule has 2 nitrogen and oxygen atoms in total. The number of hydrogen-bond donors (Lipinski definition) is 1. The molecule has 0 aromatic heterocycles. The van der Waals surface area contributed by atoms with Crippen molar-refractivity contribution in [2.45, 2.75) is 10.6 Å². The van der Waals surface area contributed by atoms with Gasteiger partial charge in [-0.1, -0.05) is 35.3 Å². The first-order valence-corrected chi connectivity index (χ1v) is 7.73. The van der Waals surface area contributed by atoms with E-state index in [9.17, 15) is 4.79 Å². The Morgan fingerprint density at radius 1 is 1.20 bits per heavy atom. The van der Waals surface area contributed by atoms with E-state index in [1.54, 1.807) is 37.0 Å². The summed E-state index contributed by atoms with van der Waals surface area (Å²) in [5.41, 5.74) is 1.72. The van der Waals surface area contributed by atoms with Crippen molar-refractivity contribution in [3.8, 4) is 0 Å². The maximum Gasteiger partial charge on any atom is 0.251 e. The van der Waals surface area contributed by atoms with Crippen molar-refractivity contribution < 1.29 is 4.79 Å². The highest BCUT2D eigenvalue weighted by atomic mass is 35.5. The topological polar surface area (TPSA) is 29.1 Å². The second-order valence-electron chi connectivity index (χ2n) is 4.14. The summed E-state index contributed by atoms with van der Waals surface area (Å²) >= 11 is 13.7. The molecule has 0 spiro atoms. The molecule has 0 radical (unpaired) electrons. The van der Waals surface area contributed by atoms with E-state index < -0.39 is 0 Å². The summed E-state index contributed by atoms with van der Waals surface area (Å²) < 4.78 is 0. The van der Waals surface area contributed by atoms with Gasteiger partial charge < -0.3 is 5.32 Å². The Hall–Kier alpha value is -1.16. The average molecular weight is 326 g/mol. The molecule has 2 aromatic carbocycles. The minimum Gasteiger partial charge on any atom is -0.355 e. The van der Waals surface area contributed by atoms with Crippen LogP contribution in [0.3, 0.4) is 0 Å². The van der Waals surface area contributed by atoms with E-state index in [1.807, 2.05) is 24.3 Å². The Bertz CT molecular complexity index is 631.